The minimum absolute atomic E-state index is 0.0211. The van der Waals surface area contributed by atoms with Crippen molar-refractivity contribution < 1.29 is 17.6 Å². The minimum Gasteiger partial charge on any atom is -0.350 e. The quantitative estimate of drug-likeness (QED) is 0.506. The van der Waals surface area contributed by atoms with Crippen molar-refractivity contribution in [2.24, 2.45) is 5.73 Å². The van der Waals surface area contributed by atoms with E-state index in [0.717, 1.165) is 26.5 Å². The molecule has 1 aromatic heterocycles. The molecule has 0 saturated carbocycles. The zero-order chi connectivity index (χ0) is 25.2. The summed E-state index contributed by atoms with van der Waals surface area (Å²) >= 11 is 0. The van der Waals surface area contributed by atoms with Gasteiger partial charge in [0.25, 0.3) is 5.91 Å². The Balaban J connectivity index is 2.29. The van der Waals surface area contributed by atoms with Gasteiger partial charge < -0.3 is 15.6 Å². The number of allylic oxidation sites excluding steroid dienone is 1. The summed E-state index contributed by atoms with van der Waals surface area (Å²) in [6.07, 6.45) is 1.32. The van der Waals surface area contributed by atoms with Gasteiger partial charge >= 0.3 is 0 Å². The first kappa shape index (κ1) is 25.6. The molecule has 34 heavy (non-hydrogen) atoms. The summed E-state index contributed by atoms with van der Waals surface area (Å²) in [6, 6.07) is 11.9. The molecule has 1 heterocycles. The lowest BCUT2D eigenvalue weighted by molar-refractivity contribution is 0.0943. The summed E-state index contributed by atoms with van der Waals surface area (Å²) in [5.74, 6) is -0.592. The third-order valence-electron chi connectivity index (χ3n) is 5.56. The lowest BCUT2D eigenvalue weighted by atomic mass is 10.0. The molecule has 3 rings (SSSR count). The van der Waals surface area contributed by atoms with E-state index in [0.29, 0.717) is 11.1 Å². The number of amides is 1. The average Bonchev–Trinajstić information content (AvgIpc) is 3.04. The Morgan fingerprint density at radius 2 is 1.91 bits per heavy atom. The van der Waals surface area contributed by atoms with Gasteiger partial charge in [0.15, 0.2) is 0 Å². The summed E-state index contributed by atoms with van der Waals surface area (Å²) in [6.45, 7) is 5.68. The van der Waals surface area contributed by atoms with E-state index in [1.54, 1.807) is 36.4 Å². The molecule has 2 aromatic carbocycles. The molecule has 182 valence electrons. The number of aromatic nitrogens is 1. The predicted octanol–water partition coefficient (Wildman–Crippen LogP) is 3.82. The van der Waals surface area contributed by atoms with Crippen LogP contribution in [0.15, 0.2) is 59.3 Å². The van der Waals surface area contributed by atoms with Gasteiger partial charge in [0.05, 0.1) is 11.4 Å². The molecule has 3 aromatic rings. The molecule has 0 bridgehead atoms. The largest absolute Gasteiger partial charge is 0.350 e. The van der Waals surface area contributed by atoms with Crippen molar-refractivity contribution in [2.75, 3.05) is 20.6 Å². The van der Waals surface area contributed by atoms with Crippen LogP contribution in [0.5, 0.6) is 0 Å². The Bertz CT molecular complexity index is 1360. The number of carbonyl (C=O) groups is 1. The molecule has 0 radical (unpaired) electrons. The predicted molar refractivity (Wildman–Crippen MR) is 134 cm³/mol. The van der Waals surface area contributed by atoms with Crippen molar-refractivity contribution in [3.63, 3.8) is 0 Å². The number of rotatable bonds is 8. The van der Waals surface area contributed by atoms with Gasteiger partial charge in [0.2, 0.25) is 10.0 Å². The monoisotopic (exact) mass is 486 g/mol. The maximum atomic E-state index is 14.5. The third-order valence-corrected chi connectivity index (χ3v) is 7.37. The summed E-state index contributed by atoms with van der Waals surface area (Å²) in [7, 11) is -0.694. The number of hydrogen-bond donors (Lipinski definition) is 2. The van der Waals surface area contributed by atoms with Crippen molar-refractivity contribution in [3.05, 3.63) is 65.6 Å². The first-order valence-electron chi connectivity index (χ1n) is 11.0. The van der Waals surface area contributed by atoms with Gasteiger partial charge in [-0.3, -0.25) is 4.79 Å². The van der Waals surface area contributed by atoms with Crippen molar-refractivity contribution in [3.8, 4) is 11.1 Å². The molecule has 0 saturated heterocycles. The van der Waals surface area contributed by atoms with Gasteiger partial charge in [0.1, 0.15) is 5.83 Å². The summed E-state index contributed by atoms with van der Waals surface area (Å²) in [4.78, 5) is 12.8. The number of fused-ring (bicyclic) bond motifs is 1. The van der Waals surface area contributed by atoms with Crippen molar-refractivity contribution in [2.45, 2.75) is 38.3 Å². The number of benzene rings is 2. The van der Waals surface area contributed by atoms with Crippen LogP contribution in [0.25, 0.3) is 22.0 Å². The molecule has 3 N–H and O–H groups in total. The summed E-state index contributed by atoms with van der Waals surface area (Å²) < 4.78 is 42.9. The maximum absolute atomic E-state index is 14.5. The molecule has 0 atom stereocenters. The van der Waals surface area contributed by atoms with Gasteiger partial charge in [-0.1, -0.05) is 12.1 Å². The Kier molecular flexibility index (Phi) is 7.60. The van der Waals surface area contributed by atoms with E-state index in [9.17, 15) is 17.6 Å². The van der Waals surface area contributed by atoms with Gasteiger partial charge in [0, 0.05) is 54.4 Å². The van der Waals surface area contributed by atoms with Gasteiger partial charge in [-0.2, -0.15) is 0 Å². The first-order valence-corrected chi connectivity index (χ1v) is 12.4. The average molecular weight is 487 g/mol. The molecule has 0 unspecified atom stereocenters. The van der Waals surface area contributed by atoms with Gasteiger partial charge in [-0.05, 0) is 62.7 Å². The van der Waals surface area contributed by atoms with Gasteiger partial charge in [-0.15, -0.1) is 0 Å². The Labute approximate surface area is 200 Å². The second kappa shape index (κ2) is 10.1. The van der Waals surface area contributed by atoms with Crippen molar-refractivity contribution >= 4 is 26.8 Å². The number of carbonyl (C=O) groups excluding carboxylic acids is 1. The minimum atomic E-state index is -3.65. The van der Waals surface area contributed by atoms with E-state index < -0.39 is 10.0 Å². The fourth-order valence-corrected chi connectivity index (χ4v) is 4.85. The number of nitrogens with two attached hydrogens (primary N) is 1. The van der Waals surface area contributed by atoms with Crippen LogP contribution in [0.2, 0.25) is 0 Å². The Morgan fingerprint density at radius 1 is 1.21 bits per heavy atom. The van der Waals surface area contributed by atoms with Crippen LogP contribution >= 0.6 is 0 Å². The SMILES string of the molecule is Cc1c(-c2cccc(S(=O)(=O)N(C)C)c2)c2cc(C(=O)NC(C)C)ccc2n1CC(F)=CCN. The second-order valence-corrected chi connectivity index (χ2v) is 10.8. The van der Waals surface area contributed by atoms with Crippen molar-refractivity contribution in [1.82, 2.24) is 14.2 Å². The maximum Gasteiger partial charge on any atom is 0.251 e. The number of hydrogen-bond acceptors (Lipinski definition) is 4. The smallest absolute Gasteiger partial charge is 0.251 e. The number of nitrogens with zero attached hydrogens (tertiary/aromatic N) is 2. The molecule has 0 aliphatic heterocycles. The zero-order valence-electron chi connectivity index (χ0n) is 20.1. The van der Waals surface area contributed by atoms with E-state index in [1.807, 2.05) is 31.4 Å². The highest BCUT2D eigenvalue weighted by Crippen LogP contribution is 2.37. The lowest BCUT2D eigenvalue weighted by Crippen LogP contribution is -2.29. The molecular weight excluding hydrogens is 455 g/mol. The highest BCUT2D eigenvalue weighted by Gasteiger charge is 2.22. The molecule has 0 aliphatic rings. The van der Waals surface area contributed by atoms with E-state index in [-0.39, 0.29) is 35.8 Å². The van der Waals surface area contributed by atoms with Crippen LogP contribution < -0.4 is 11.1 Å². The fraction of sp³-hybridized carbons (Fsp3) is 0.320. The topological polar surface area (TPSA) is 97.4 Å². The molecule has 1 amide bonds. The van der Waals surface area contributed by atoms with Crippen LogP contribution in [-0.4, -0.2) is 49.9 Å². The Hall–Kier alpha value is -3.01. The van der Waals surface area contributed by atoms with E-state index in [1.165, 1.54) is 20.2 Å². The Morgan fingerprint density at radius 3 is 2.53 bits per heavy atom. The highest BCUT2D eigenvalue weighted by molar-refractivity contribution is 7.89. The number of nitrogens with one attached hydrogen (secondary N) is 1. The molecule has 0 spiro atoms. The molecule has 0 fully saturated rings. The zero-order valence-corrected chi connectivity index (χ0v) is 20.9. The molecule has 7 nitrogen and oxygen atoms in total. The standard InChI is InChI=1S/C25H31FN4O3S/c1-16(2)28-25(31)19-9-10-23-22(14-19)24(17(3)30(23)15-20(26)11-12-27)18-7-6-8-21(13-18)34(32,33)29(4)5/h6-11,13-14,16H,12,15,27H2,1-5H3,(H,28,31). The normalized spacial score (nSPS) is 12.7. The molecule has 9 heteroatoms. The van der Waals surface area contributed by atoms with Crippen LogP contribution in [0.3, 0.4) is 0 Å². The lowest BCUT2D eigenvalue weighted by Gasteiger charge is -2.13. The number of sulfonamides is 1. The number of halogens is 1. The second-order valence-electron chi connectivity index (χ2n) is 8.61. The molecular formula is C25H31FN4O3S. The molecule has 0 aliphatic carbocycles. The van der Waals surface area contributed by atoms with E-state index >= 15 is 0 Å². The highest BCUT2D eigenvalue weighted by atomic mass is 32.2. The van der Waals surface area contributed by atoms with Crippen LogP contribution in [0.4, 0.5) is 4.39 Å². The van der Waals surface area contributed by atoms with Crippen molar-refractivity contribution in [1.29, 1.82) is 0 Å². The third kappa shape index (κ3) is 5.06. The van der Waals surface area contributed by atoms with Gasteiger partial charge in [-0.25, -0.2) is 17.1 Å². The van der Waals surface area contributed by atoms with E-state index in [2.05, 4.69) is 5.32 Å². The summed E-state index contributed by atoms with van der Waals surface area (Å²) in [5.41, 5.74) is 8.82. The van der Waals surface area contributed by atoms with Crippen LogP contribution in [0, 0.1) is 6.92 Å². The van der Waals surface area contributed by atoms with Crippen LogP contribution in [0.1, 0.15) is 29.9 Å². The van der Waals surface area contributed by atoms with Crippen LogP contribution in [-0.2, 0) is 16.6 Å². The fourth-order valence-electron chi connectivity index (χ4n) is 3.90. The first-order chi connectivity index (χ1) is 16.0. The van der Waals surface area contributed by atoms with E-state index in [4.69, 9.17) is 5.73 Å². The summed E-state index contributed by atoms with van der Waals surface area (Å²) in [5, 5.41) is 3.61.